The molecule has 0 radical (unpaired) electrons. The van der Waals surface area contributed by atoms with Crippen LogP contribution in [-0.2, 0) is 9.47 Å². The van der Waals surface area contributed by atoms with E-state index in [-0.39, 0.29) is 11.3 Å². The van der Waals surface area contributed by atoms with Crippen molar-refractivity contribution in [1.29, 1.82) is 0 Å². The van der Waals surface area contributed by atoms with Crippen LogP contribution < -0.4 is 10.5 Å². The number of hydrogen-bond donors (Lipinski definition) is 1. The van der Waals surface area contributed by atoms with E-state index < -0.39 is 18.0 Å². The van der Waals surface area contributed by atoms with E-state index in [0.29, 0.717) is 26.1 Å². The van der Waals surface area contributed by atoms with Crippen LogP contribution in [0.25, 0.3) is 0 Å². The van der Waals surface area contributed by atoms with Gasteiger partial charge in [-0.2, -0.15) is 0 Å². The second-order valence-corrected chi connectivity index (χ2v) is 4.94. The van der Waals surface area contributed by atoms with Crippen LogP contribution in [0.2, 0.25) is 0 Å². The largest absolute Gasteiger partial charge is 0.573 e. The van der Waals surface area contributed by atoms with E-state index in [1.807, 2.05) is 0 Å². The second-order valence-electron chi connectivity index (χ2n) is 4.94. The molecule has 1 heterocycles. The molecule has 1 aromatic carbocycles. The number of ether oxygens (including phenoxy) is 3. The highest BCUT2D eigenvalue weighted by Crippen LogP contribution is 2.40. The van der Waals surface area contributed by atoms with Gasteiger partial charge in [-0.15, -0.1) is 13.2 Å². The summed E-state index contributed by atoms with van der Waals surface area (Å²) in [5.74, 6) is -0.291. The molecule has 0 aromatic heterocycles. The summed E-state index contributed by atoms with van der Waals surface area (Å²) in [7, 11) is 1.51. The van der Waals surface area contributed by atoms with Crippen molar-refractivity contribution in [2.24, 2.45) is 5.73 Å². The average molecular weight is 305 g/mol. The number of rotatable bonds is 4. The Bertz CT molecular complexity index is 473. The van der Waals surface area contributed by atoms with E-state index in [4.69, 9.17) is 15.2 Å². The van der Waals surface area contributed by atoms with Crippen molar-refractivity contribution in [3.8, 4) is 5.75 Å². The molecular weight excluding hydrogens is 287 g/mol. The van der Waals surface area contributed by atoms with Crippen LogP contribution in [0, 0.1) is 0 Å². The van der Waals surface area contributed by atoms with Crippen molar-refractivity contribution in [2.45, 2.75) is 30.8 Å². The predicted molar refractivity (Wildman–Crippen MR) is 69.8 cm³/mol. The van der Waals surface area contributed by atoms with E-state index in [1.54, 1.807) is 6.07 Å². The van der Waals surface area contributed by atoms with Crippen LogP contribution in [0.4, 0.5) is 13.2 Å². The topological polar surface area (TPSA) is 53.7 Å². The lowest BCUT2D eigenvalue weighted by atomic mass is 9.82. The lowest BCUT2D eigenvalue weighted by Crippen LogP contribution is -2.47. The molecule has 0 amide bonds. The highest BCUT2D eigenvalue weighted by Gasteiger charge is 2.41. The lowest BCUT2D eigenvalue weighted by Gasteiger charge is -2.41. The minimum atomic E-state index is -4.76. The lowest BCUT2D eigenvalue weighted by molar-refractivity contribution is -0.275. The number of para-hydroxylation sites is 1. The summed E-state index contributed by atoms with van der Waals surface area (Å²) >= 11 is 0. The summed E-state index contributed by atoms with van der Waals surface area (Å²) in [6, 6.07) is 5.15. The minimum Gasteiger partial charge on any atom is -0.405 e. The van der Waals surface area contributed by atoms with Gasteiger partial charge in [0.15, 0.2) is 0 Å². The highest BCUT2D eigenvalue weighted by atomic mass is 19.4. The molecule has 1 aliphatic rings. The maximum atomic E-state index is 12.5. The first-order chi connectivity index (χ1) is 9.88. The highest BCUT2D eigenvalue weighted by molar-refractivity contribution is 5.37. The molecule has 0 bridgehead atoms. The van der Waals surface area contributed by atoms with Crippen LogP contribution in [0.1, 0.15) is 24.4 Å². The maximum Gasteiger partial charge on any atom is 0.573 e. The van der Waals surface area contributed by atoms with Crippen molar-refractivity contribution in [2.75, 3.05) is 20.3 Å². The van der Waals surface area contributed by atoms with E-state index in [9.17, 15) is 13.2 Å². The van der Waals surface area contributed by atoms with Crippen LogP contribution in [-0.4, -0.2) is 32.3 Å². The standard InChI is InChI=1S/C14H18F3NO3/c1-19-13(6-8-20-9-7-13)12(18)10-4-2-3-5-11(10)21-14(15,16)17/h2-5,12H,6-9,18H2,1H3. The van der Waals surface area contributed by atoms with Gasteiger partial charge in [-0.05, 0) is 6.07 Å². The van der Waals surface area contributed by atoms with Crippen LogP contribution in [0.15, 0.2) is 24.3 Å². The van der Waals surface area contributed by atoms with Gasteiger partial charge in [-0.25, -0.2) is 0 Å². The molecular formula is C14H18F3NO3. The normalized spacial score (nSPS) is 20.0. The molecule has 0 spiro atoms. The molecule has 1 aliphatic heterocycles. The van der Waals surface area contributed by atoms with Crippen LogP contribution in [0.3, 0.4) is 0 Å². The third-order valence-corrected chi connectivity index (χ3v) is 3.79. The molecule has 1 aromatic rings. The number of hydrogen-bond acceptors (Lipinski definition) is 4. The summed E-state index contributed by atoms with van der Waals surface area (Å²) in [5.41, 5.74) is 5.74. The number of alkyl halides is 3. The van der Waals surface area contributed by atoms with E-state index in [2.05, 4.69) is 4.74 Å². The predicted octanol–water partition coefficient (Wildman–Crippen LogP) is 2.78. The summed E-state index contributed by atoms with van der Waals surface area (Å²) in [6.45, 7) is 0.924. The first-order valence-corrected chi connectivity index (χ1v) is 6.61. The smallest absolute Gasteiger partial charge is 0.405 e. The molecule has 1 fully saturated rings. The minimum absolute atomic E-state index is 0.276. The summed E-state index contributed by atoms with van der Waals surface area (Å²) in [6.07, 6.45) is -3.72. The van der Waals surface area contributed by atoms with Crippen molar-refractivity contribution in [3.05, 3.63) is 29.8 Å². The molecule has 2 rings (SSSR count). The van der Waals surface area contributed by atoms with Crippen molar-refractivity contribution >= 4 is 0 Å². The Morgan fingerprint density at radius 2 is 1.86 bits per heavy atom. The SMILES string of the molecule is COC1(C(N)c2ccccc2OC(F)(F)F)CCOCC1. The molecule has 118 valence electrons. The Kier molecular flexibility index (Phi) is 4.75. The van der Waals surface area contributed by atoms with Gasteiger partial charge in [0.2, 0.25) is 0 Å². The average Bonchev–Trinajstić information content (AvgIpc) is 2.46. The third kappa shape index (κ3) is 3.66. The Morgan fingerprint density at radius 1 is 1.24 bits per heavy atom. The molecule has 4 nitrogen and oxygen atoms in total. The zero-order valence-corrected chi connectivity index (χ0v) is 11.7. The number of methoxy groups -OCH3 is 1. The maximum absolute atomic E-state index is 12.5. The Balaban J connectivity index is 2.31. The van der Waals surface area contributed by atoms with Gasteiger partial charge >= 0.3 is 6.36 Å². The van der Waals surface area contributed by atoms with E-state index in [0.717, 1.165) is 0 Å². The summed E-state index contributed by atoms with van der Waals surface area (Å²) in [5, 5.41) is 0. The summed E-state index contributed by atoms with van der Waals surface area (Å²) < 4.78 is 52.4. The molecule has 7 heteroatoms. The van der Waals surface area contributed by atoms with Crippen molar-refractivity contribution in [3.63, 3.8) is 0 Å². The fraction of sp³-hybridized carbons (Fsp3) is 0.571. The first-order valence-electron chi connectivity index (χ1n) is 6.61. The number of halogens is 3. The molecule has 1 saturated heterocycles. The number of nitrogens with two attached hydrogens (primary N) is 1. The Hall–Kier alpha value is -1.31. The molecule has 1 unspecified atom stereocenters. The Labute approximate surface area is 121 Å². The zero-order chi connectivity index (χ0) is 15.5. The van der Waals surface area contributed by atoms with Crippen molar-refractivity contribution in [1.82, 2.24) is 0 Å². The fourth-order valence-corrected chi connectivity index (χ4v) is 2.60. The quantitative estimate of drug-likeness (QED) is 0.929. The van der Waals surface area contributed by atoms with Gasteiger partial charge in [0.25, 0.3) is 0 Å². The fourth-order valence-electron chi connectivity index (χ4n) is 2.60. The van der Waals surface area contributed by atoms with Crippen LogP contribution in [0.5, 0.6) is 5.75 Å². The Morgan fingerprint density at radius 3 is 2.43 bits per heavy atom. The second kappa shape index (κ2) is 6.21. The molecule has 2 N–H and O–H groups in total. The van der Waals surface area contributed by atoms with Gasteiger partial charge < -0.3 is 19.9 Å². The zero-order valence-electron chi connectivity index (χ0n) is 11.7. The molecule has 0 saturated carbocycles. The van der Waals surface area contributed by atoms with Gasteiger partial charge in [0, 0.05) is 38.7 Å². The van der Waals surface area contributed by atoms with E-state index in [1.165, 1.54) is 25.3 Å². The van der Waals surface area contributed by atoms with Gasteiger partial charge in [-0.3, -0.25) is 0 Å². The molecule has 21 heavy (non-hydrogen) atoms. The summed E-state index contributed by atoms with van der Waals surface area (Å²) in [4.78, 5) is 0. The van der Waals surface area contributed by atoms with Crippen molar-refractivity contribution < 1.29 is 27.4 Å². The van der Waals surface area contributed by atoms with Gasteiger partial charge in [0.1, 0.15) is 5.75 Å². The van der Waals surface area contributed by atoms with Crippen LogP contribution >= 0.6 is 0 Å². The first kappa shape index (κ1) is 16.1. The van der Waals surface area contributed by atoms with E-state index >= 15 is 0 Å². The molecule has 0 aliphatic carbocycles. The van der Waals surface area contributed by atoms with Gasteiger partial charge in [-0.1, -0.05) is 18.2 Å². The number of benzene rings is 1. The molecule has 1 atom stereocenters. The third-order valence-electron chi connectivity index (χ3n) is 3.79. The monoisotopic (exact) mass is 305 g/mol. The van der Waals surface area contributed by atoms with Gasteiger partial charge in [0.05, 0.1) is 11.6 Å².